The van der Waals surface area contributed by atoms with Crippen LogP contribution in [0.5, 0.6) is 0 Å². The van der Waals surface area contributed by atoms with Crippen LogP contribution in [0.15, 0.2) is 82.8 Å². The molecular weight excluding hydrogens is 464 g/mol. The summed E-state index contributed by atoms with van der Waals surface area (Å²) in [5.41, 5.74) is 3.22. The summed E-state index contributed by atoms with van der Waals surface area (Å²) < 4.78 is 10.5. The first kappa shape index (κ1) is 24.0. The molecule has 0 radical (unpaired) electrons. The number of anilines is 1. The molecule has 35 heavy (non-hydrogen) atoms. The number of carbonyl (C=O) groups is 3. The van der Waals surface area contributed by atoms with E-state index >= 15 is 0 Å². The lowest BCUT2D eigenvalue weighted by Gasteiger charge is -2.20. The molecule has 0 fully saturated rings. The number of hydrogen-bond acceptors (Lipinski definition) is 7. The number of nitrogens with one attached hydrogen (secondary N) is 2. The predicted octanol–water partition coefficient (Wildman–Crippen LogP) is 5.54. The van der Waals surface area contributed by atoms with E-state index in [1.165, 1.54) is 23.7 Å². The summed E-state index contributed by atoms with van der Waals surface area (Å²) in [5.74, 6) is -1.39. The highest BCUT2D eigenvalue weighted by atomic mass is 32.1. The molecule has 4 aromatic rings. The minimum Gasteiger partial charge on any atom is -0.462 e. The van der Waals surface area contributed by atoms with Gasteiger partial charge in [0.05, 0.1) is 12.9 Å². The average molecular weight is 489 g/mol. The maximum absolute atomic E-state index is 13.4. The molecule has 2 N–H and O–H groups in total. The Morgan fingerprint density at radius 3 is 2.40 bits per heavy atom. The fourth-order valence-electron chi connectivity index (χ4n) is 3.49. The van der Waals surface area contributed by atoms with Gasteiger partial charge in [-0.2, -0.15) is 0 Å². The Morgan fingerprint density at radius 2 is 1.74 bits per heavy atom. The molecule has 0 unspecified atom stereocenters. The number of carbonyl (C=O) groups excluding carboxylic acids is 3. The first-order valence-corrected chi connectivity index (χ1v) is 11.9. The van der Waals surface area contributed by atoms with Gasteiger partial charge in [0.2, 0.25) is 5.78 Å². The summed E-state index contributed by atoms with van der Waals surface area (Å²) in [7, 11) is 0. The third kappa shape index (κ3) is 5.50. The lowest BCUT2D eigenvalue weighted by atomic mass is 10.0. The summed E-state index contributed by atoms with van der Waals surface area (Å²) in [6.07, 6.45) is 0.217. The second kappa shape index (κ2) is 10.8. The van der Waals surface area contributed by atoms with Crippen LogP contribution in [0.3, 0.4) is 0 Å². The largest absolute Gasteiger partial charge is 0.462 e. The molecule has 0 aliphatic rings. The van der Waals surface area contributed by atoms with Crippen LogP contribution < -0.4 is 10.6 Å². The summed E-state index contributed by atoms with van der Waals surface area (Å²) in [4.78, 5) is 39.1. The van der Waals surface area contributed by atoms with Crippen molar-refractivity contribution < 1.29 is 23.5 Å². The lowest BCUT2D eigenvalue weighted by molar-refractivity contribution is 0.0528. The van der Waals surface area contributed by atoms with Gasteiger partial charge in [0.25, 0.3) is 5.91 Å². The highest BCUT2D eigenvalue weighted by Gasteiger charge is 2.28. The van der Waals surface area contributed by atoms with E-state index in [0.717, 1.165) is 11.1 Å². The van der Waals surface area contributed by atoms with Gasteiger partial charge in [-0.3, -0.25) is 9.59 Å². The normalized spacial score (nSPS) is 11.5. The van der Waals surface area contributed by atoms with E-state index in [2.05, 4.69) is 10.6 Å². The smallest absolute Gasteiger partial charge is 0.341 e. The number of esters is 1. The number of thiophene rings is 1. The number of Topliss-reactive ketones (excluding diaryl/α,β-unsaturated/α-hetero) is 1. The van der Waals surface area contributed by atoms with Gasteiger partial charge in [0.1, 0.15) is 10.6 Å². The molecule has 2 aromatic heterocycles. The van der Waals surface area contributed by atoms with Crippen molar-refractivity contribution in [2.24, 2.45) is 0 Å². The Bertz CT molecular complexity index is 1310. The molecule has 1 amide bonds. The topological polar surface area (TPSA) is 97.6 Å². The minimum atomic E-state index is -1.16. The maximum Gasteiger partial charge on any atom is 0.341 e. The average Bonchev–Trinajstić information content (AvgIpc) is 3.55. The van der Waals surface area contributed by atoms with Gasteiger partial charge in [-0.25, -0.2) is 4.79 Å². The zero-order valence-electron chi connectivity index (χ0n) is 19.2. The first-order valence-electron chi connectivity index (χ1n) is 11.0. The van der Waals surface area contributed by atoms with E-state index in [4.69, 9.17) is 9.15 Å². The summed E-state index contributed by atoms with van der Waals surface area (Å²) >= 11 is 1.25. The van der Waals surface area contributed by atoms with E-state index in [1.54, 1.807) is 25.1 Å². The molecule has 178 valence electrons. The predicted molar refractivity (Wildman–Crippen MR) is 135 cm³/mol. The van der Waals surface area contributed by atoms with Crippen LogP contribution in [-0.2, 0) is 4.74 Å². The van der Waals surface area contributed by atoms with Crippen molar-refractivity contribution in [3.8, 4) is 11.1 Å². The number of furan rings is 1. The molecule has 0 aliphatic heterocycles. The minimum absolute atomic E-state index is 0.0651. The van der Waals surface area contributed by atoms with E-state index in [9.17, 15) is 14.4 Å². The summed E-state index contributed by atoms with van der Waals surface area (Å²) in [6, 6.07) is 19.6. The van der Waals surface area contributed by atoms with Crippen molar-refractivity contribution in [1.29, 1.82) is 0 Å². The van der Waals surface area contributed by atoms with Crippen molar-refractivity contribution in [2.45, 2.75) is 20.0 Å². The highest BCUT2D eigenvalue weighted by molar-refractivity contribution is 7.15. The van der Waals surface area contributed by atoms with Crippen LogP contribution in [0.2, 0.25) is 0 Å². The SMILES string of the molecule is CCOC(=O)c1c(-c2ccccc2)csc1N[C@@H](NC(=O)c1ccco1)C(=O)c1ccc(C)cc1. The molecule has 2 aromatic carbocycles. The zero-order valence-corrected chi connectivity index (χ0v) is 20.1. The quantitative estimate of drug-likeness (QED) is 0.182. The van der Waals surface area contributed by atoms with E-state index < -0.39 is 18.0 Å². The molecule has 8 heteroatoms. The second-order valence-electron chi connectivity index (χ2n) is 7.70. The van der Waals surface area contributed by atoms with Crippen LogP contribution >= 0.6 is 11.3 Å². The number of rotatable bonds is 9. The third-order valence-electron chi connectivity index (χ3n) is 5.25. The highest BCUT2D eigenvalue weighted by Crippen LogP contribution is 2.36. The number of hydrogen-bond donors (Lipinski definition) is 2. The second-order valence-corrected chi connectivity index (χ2v) is 8.58. The molecule has 0 bridgehead atoms. The third-order valence-corrected chi connectivity index (χ3v) is 6.16. The van der Waals surface area contributed by atoms with E-state index in [1.807, 2.05) is 54.8 Å². The van der Waals surface area contributed by atoms with E-state index in [0.29, 0.717) is 21.7 Å². The fraction of sp³-hybridized carbons (Fsp3) is 0.148. The Balaban J connectivity index is 1.72. The van der Waals surface area contributed by atoms with Crippen LogP contribution in [0.4, 0.5) is 5.00 Å². The van der Waals surface area contributed by atoms with Gasteiger partial charge in [-0.1, -0.05) is 60.2 Å². The lowest BCUT2D eigenvalue weighted by Crippen LogP contribution is -2.46. The van der Waals surface area contributed by atoms with Gasteiger partial charge in [0.15, 0.2) is 11.9 Å². The Morgan fingerprint density at radius 1 is 1.00 bits per heavy atom. The Kier molecular flexibility index (Phi) is 7.42. The van der Waals surface area contributed by atoms with Crippen molar-refractivity contribution in [3.63, 3.8) is 0 Å². The molecular formula is C27H24N2O5S. The maximum atomic E-state index is 13.4. The number of aryl methyl sites for hydroxylation is 1. The van der Waals surface area contributed by atoms with Crippen LogP contribution in [0.1, 0.15) is 43.8 Å². The van der Waals surface area contributed by atoms with Crippen LogP contribution in [-0.4, -0.2) is 30.4 Å². The number of ketones is 1. The van der Waals surface area contributed by atoms with Crippen molar-refractivity contribution in [2.75, 3.05) is 11.9 Å². The number of benzene rings is 2. The van der Waals surface area contributed by atoms with Crippen molar-refractivity contribution >= 4 is 34.0 Å². The van der Waals surface area contributed by atoms with Gasteiger partial charge in [-0.05, 0) is 31.5 Å². The Hall–Kier alpha value is -4.17. The van der Waals surface area contributed by atoms with Crippen molar-refractivity contribution in [3.05, 3.63) is 101 Å². The van der Waals surface area contributed by atoms with Crippen LogP contribution in [0.25, 0.3) is 11.1 Å². The van der Waals surface area contributed by atoms with Gasteiger partial charge in [0, 0.05) is 16.5 Å². The standard InChI is InChI=1S/C27H24N2O5S/c1-3-33-27(32)22-20(18-8-5-4-6-9-18)16-35-26(22)29-24(28-25(31)21-10-7-15-34-21)23(30)19-13-11-17(2)12-14-19/h4-16,24,29H,3H2,1-2H3,(H,28,31)/t24-/m1/s1. The van der Waals surface area contributed by atoms with Crippen LogP contribution in [0, 0.1) is 6.92 Å². The Labute approximate surface area is 206 Å². The zero-order chi connectivity index (χ0) is 24.8. The number of amides is 1. The van der Waals surface area contributed by atoms with Crippen molar-refractivity contribution in [1.82, 2.24) is 5.32 Å². The molecule has 4 rings (SSSR count). The molecule has 0 aliphatic carbocycles. The van der Waals surface area contributed by atoms with E-state index in [-0.39, 0.29) is 18.2 Å². The van der Waals surface area contributed by atoms with Gasteiger partial charge >= 0.3 is 5.97 Å². The summed E-state index contributed by atoms with van der Waals surface area (Å²) in [6.45, 7) is 3.85. The summed E-state index contributed by atoms with van der Waals surface area (Å²) in [5, 5.41) is 8.00. The molecule has 0 saturated carbocycles. The fourth-order valence-corrected chi connectivity index (χ4v) is 4.48. The first-order chi connectivity index (χ1) is 17.0. The molecule has 7 nitrogen and oxygen atoms in total. The molecule has 0 saturated heterocycles. The monoisotopic (exact) mass is 488 g/mol. The molecule has 2 heterocycles. The van der Waals surface area contributed by atoms with Gasteiger partial charge in [-0.15, -0.1) is 11.3 Å². The number of ether oxygens (including phenoxy) is 1. The molecule has 0 spiro atoms. The van der Waals surface area contributed by atoms with Gasteiger partial charge < -0.3 is 19.8 Å². The molecule has 1 atom stereocenters.